The zero-order chi connectivity index (χ0) is 18.3. The first-order valence-electron chi connectivity index (χ1n) is 8.30. The first-order chi connectivity index (χ1) is 12.5. The average Bonchev–Trinajstić information content (AvgIpc) is 3.21. The summed E-state index contributed by atoms with van der Waals surface area (Å²) >= 11 is 0. The fourth-order valence-corrected chi connectivity index (χ4v) is 3.03. The number of rotatable bonds is 4. The van der Waals surface area contributed by atoms with Crippen LogP contribution in [-0.2, 0) is 13.5 Å². The lowest BCUT2D eigenvalue weighted by atomic mass is 10.0. The molecule has 130 valence electrons. The number of hydrogen-bond acceptors (Lipinski definition) is 5. The number of fused-ring (bicyclic) bond motifs is 1. The highest BCUT2D eigenvalue weighted by Gasteiger charge is 2.17. The minimum Gasteiger partial charge on any atom is -0.294 e. The Morgan fingerprint density at radius 2 is 2.04 bits per heavy atom. The van der Waals surface area contributed by atoms with E-state index in [0.29, 0.717) is 11.2 Å². The van der Waals surface area contributed by atoms with Crippen molar-refractivity contribution in [2.45, 2.75) is 20.3 Å². The van der Waals surface area contributed by atoms with Gasteiger partial charge in [-0.3, -0.25) is 18.9 Å². The van der Waals surface area contributed by atoms with Crippen LogP contribution >= 0.6 is 0 Å². The Morgan fingerprint density at radius 3 is 2.73 bits per heavy atom. The van der Waals surface area contributed by atoms with Crippen molar-refractivity contribution in [1.82, 2.24) is 29.4 Å². The minimum atomic E-state index is -0.0416. The SMILES string of the molecule is Cc1ccc(CC(=O)c2cc(-c3cc(C)nn3C)cn3cnnc23)nc1. The van der Waals surface area contributed by atoms with Crippen LogP contribution in [0, 0.1) is 13.8 Å². The molecule has 0 aromatic carbocycles. The van der Waals surface area contributed by atoms with Gasteiger partial charge in [-0.1, -0.05) is 6.07 Å². The Kier molecular flexibility index (Phi) is 3.84. The molecule has 0 radical (unpaired) electrons. The number of pyridine rings is 2. The van der Waals surface area contributed by atoms with Crippen LogP contribution in [0.2, 0.25) is 0 Å². The van der Waals surface area contributed by atoms with Crippen molar-refractivity contribution < 1.29 is 4.79 Å². The second-order valence-corrected chi connectivity index (χ2v) is 6.43. The number of aryl methyl sites for hydroxylation is 3. The van der Waals surface area contributed by atoms with E-state index in [-0.39, 0.29) is 12.2 Å². The second kappa shape index (κ2) is 6.18. The van der Waals surface area contributed by atoms with E-state index in [1.165, 1.54) is 0 Å². The van der Waals surface area contributed by atoms with Crippen LogP contribution in [0.5, 0.6) is 0 Å². The maximum atomic E-state index is 12.9. The smallest absolute Gasteiger partial charge is 0.172 e. The fourth-order valence-electron chi connectivity index (χ4n) is 3.03. The molecule has 0 aliphatic heterocycles. The molecule has 0 saturated heterocycles. The molecule has 0 aliphatic carbocycles. The van der Waals surface area contributed by atoms with Crippen LogP contribution in [0.4, 0.5) is 0 Å². The lowest BCUT2D eigenvalue weighted by Crippen LogP contribution is -2.08. The van der Waals surface area contributed by atoms with Crippen LogP contribution in [0.1, 0.15) is 27.3 Å². The first kappa shape index (κ1) is 16.1. The summed E-state index contributed by atoms with van der Waals surface area (Å²) in [6.07, 6.45) is 5.50. The van der Waals surface area contributed by atoms with Gasteiger partial charge in [-0.2, -0.15) is 5.10 Å². The molecule has 0 spiro atoms. The predicted octanol–water partition coefficient (Wildman–Crippen LogP) is 2.57. The lowest BCUT2D eigenvalue weighted by molar-refractivity contribution is 0.0993. The van der Waals surface area contributed by atoms with Crippen LogP contribution in [0.15, 0.2) is 43.0 Å². The number of ketones is 1. The van der Waals surface area contributed by atoms with Gasteiger partial charge in [-0.25, -0.2) is 0 Å². The van der Waals surface area contributed by atoms with Gasteiger partial charge in [0.05, 0.1) is 23.4 Å². The van der Waals surface area contributed by atoms with E-state index in [0.717, 1.165) is 28.2 Å². The Hall–Kier alpha value is -3.35. The topological polar surface area (TPSA) is 78.0 Å². The van der Waals surface area contributed by atoms with Crippen molar-refractivity contribution in [3.63, 3.8) is 0 Å². The van der Waals surface area contributed by atoms with E-state index in [4.69, 9.17) is 0 Å². The monoisotopic (exact) mass is 346 g/mol. The molecule has 7 heteroatoms. The van der Waals surface area contributed by atoms with Crippen molar-refractivity contribution in [2.24, 2.45) is 7.05 Å². The molecule has 0 saturated carbocycles. The predicted molar refractivity (Wildman–Crippen MR) is 96.9 cm³/mol. The summed E-state index contributed by atoms with van der Waals surface area (Å²) in [5, 5.41) is 12.4. The van der Waals surface area contributed by atoms with E-state index in [1.807, 2.05) is 51.4 Å². The maximum absolute atomic E-state index is 12.9. The molecular weight excluding hydrogens is 328 g/mol. The van der Waals surface area contributed by atoms with Gasteiger partial charge in [0.15, 0.2) is 11.4 Å². The standard InChI is InChI=1S/C19H18N6O/c1-12-4-5-15(20-9-12)8-18(26)16-7-14(10-25-11-21-22-19(16)25)17-6-13(2)23-24(17)3/h4-7,9-11H,8H2,1-3H3. The number of Topliss-reactive ketones (excluding diaryl/α,β-unsaturated/α-hetero) is 1. The van der Waals surface area contributed by atoms with E-state index in [2.05, 4.69) is 20.3 Å². The van der Waals surface area contributed by atoms with Crippen molar-refractivity contribution in [3.8, 4) is 11.3 Å². The normalized spacial score (nSPS) is 11.2. The highest BCUT2D eigenvalue weighted by Crippen LogP contribution is 2.24. The summed E-state index contributed by atoms with van der Waals surface area (Å²) in [5.74, 6) is -0.0416. The molecular formula is C19H18N6O. The third-order valence-electron chi connectivity index (χ3n) is 4.30. The van der Waals surface area contributed by atoms with Gasteiger partial charge in [0.1, 0.15) is 6.33 Å². The van der Waals surface area contributed by atoms with Gasteiger partial charge in [-0.15, -0.1) is 10.2 Å². The minimum absolute atomic E-state index is 0.0416. The molecule has 4 rings (SSSR count). The van der Waals surface area contributed by atoms with Crippen LogP contribution in [-0.4, -0.2) is 35.1 Å². The van der Waals surface area contributed by atoms with Gasteiger partial charge in [-0.05, 0) is 37.6 Å². The first-order valence-corrected chi connectivity index (χ1v) is 8.30. The summed E-state index contributed by atoms with van der Waals surface area (Å²) in [6.45, 7) is 3.91. The fraction of sp³-hybridized carbons (Fsp3) is 0.211. The number of hydrogen-bond donors (Lipinski definition) is 0. The van der Waals surface area contributed by atoms with Crippen LogP contribution in [0.25, 0.3) is 16.9 Å². The molecule has 26 heavy (non-hydrogen) atoms. The zero-order valence-electron chi connectivity index (χ0n) is 14.8. The zero-order valence-corrected chi connectivity index (χ0v) is 14.8. The lowest BCUT2D eigenvalue weighted by Gasteiger charge is -2.08. The molecule has 4 aromatic rings. The molecule has 7 nitrogen and oxygen atoms in total. The Morgan fingerprint density at radius 1 is 1.19 bits per heavy atom. The Labute approximate surface area is 150 Å². The number of aromatic nitrogens is 6. The molecule has 0 unspecified atom stereocenters. The summed E-state index contributed by atoms with van der Waals surface area (Å²) in [7, 11) is 1.89. The third kappa shape index (κ3) is 2.88. The Balaban J connectivity index is 1.78. The van der Waals surface area contributed by atoms with E-state index < -0.39 is 0 Å². The third-order valence-corrected chi connectivity index (χ3v) is 4.30. The summed E-state index contributed by atoms with van der Waals surface area (Å²) in [5.41, 5.74) is 5.62. The number of carbonyl (C=O) groups is 1. The summed E-state index contributed by atoms with van der Waals surface area (Å²) in [4.78, 5) is 17.3. The van der Waals surface area contributed by atoms with Gasteiger partial charge >= 0.3 is 0 Å². The molecule has 0 bridgehead atoms. The van der Waals surface area contributed by atoms with Gasteiger partial charge in [0.2, 0.25) is 0 Å². The van der Waals surface area contributed by atoms with Crippen LogP contribution < -0.4 is 0 Å². The van der Waals surface area contributed by atoms with Crippen molar-refractivity contribution in [2.75, 3.05) is 0 Å². The van der Waals surface area contributed by atoms with E-state index in [9.17, 15) is 4.79 Å². The highest BCUT2D eigenvalue weighted by molar-refractivity contribution is 6.03. The van der Waals surface area contributed by atoms with E-state index >= 15 is 0 Å². The molecule has 0 N–H and O–H groups in total. The molecule has 0 amide bonds. The summed E-state index contributed by atoms with van der Waals surface area (Å²) in [6, 6.07) is 7.68. The molecule has 4 aromatic heterocycles. The van der Waals surface area contributed by atoms with Crippen molar-refractivity contribution in [1.29, 1.82) is 0 Å². The van der Waals surface area contributed by atoms with Crippen molar-refractivity contribution in [3.05, 3.63) is 65.5 Å². The maximum Gasteiger partial charge on any atom is 0.172 e. The summed E-state index contributed by atoms with van der Waals surface area (Å²) < 4.78 is 3.57. The molecule has 0 aliphatic rings. The van der Waals surface area contributed by atoms with Gasteiger partial charge in [0, 0.05) is 30.7 Å². The molecule has 0 fully saturated rings. The van der Waals surface area contributed by atoms with E-state index in [1.54, 1.807) is 21.6 Å². The van der Waals surface area contributed by atoms with Crippen LogP contribution in [0.3, 0.4) is 0 Å². The molecule has 0 atom stereocenters. The largest absolute Gasteiger partial charge is 0.294 e. The Bertz CT molecular complexity index is 1110. The average molecular weight is 346 g/mol. The number of carbonyl (C=O) groups excluding carboxylic acids is 1. The van der Waals surface area contributed by atoms with Crippen molar-refractivity contribution >= 4 is 11.4 Å². The van der Waals surface area contributed by atoms with Gasteiger partial charge in [0.25, 0.3) is 0 Å². The highest BCUT2D eigenvalue weighted by atomic mass is 16.1. The number of nitrogens with zero attached hydrogens (tertiary/aromatic N) is 6. The quantitative estimate of drug-likeness (QED) is 0.531. The van der Waals surface area contributed by atoms with Gasteiger partial charge < -0.3 is 0 Å². The second-order valence-electron chi connectivity index (χ2n) is 6.43. The molecule has 4 heterocycles.